The quantitative estimate of drug-likeness (QED) is 0.374. The van der Waals surface area contributed by atoms with Crippen molar-refractivity contribution >= 4 is 11.9 Å². The first-order chi connectivity index (χ1) is 5.59. The number of hydrogen-bond acceptors (Lipinski definition) is 4. The Bertz CT molecular complexity index is 239. The minimum absolute atomic E-state index is 0.943. The average molecular weight is 170 g/mol. The number of hydrogen-bond donors (Lipinski definition) is 3. The van der Waals surface area contributed by atoms with Gasteiger partial charge in [-0.15, -0.1) is 0 Å². The van der Waals surface area contributed by atoms with E-state index in [2.05, 4.69) is 0 Å². The lowest BCUT2D eigenvalue weighted by molar-refractivity contribution is -0.150. The van der Waals surface area contributed by atoms with Gasteiger partial charge in [0.25, 0.3) is 0 Å². The van der Waals surface area contributed by atoms with Crippen molar-refractivity contribution in [2.45, 2.75) is 6.04 Å². The summed E-state index contributed by atoms with van der Waals surface area (Å²) in [7, 11) is 0. The average Bonchev–Trinajstić information content (AvgIpc) is 1.96. The Morgan fingerprint density at radius 3 is 2.25 bits per heavy atom. The van der Waals surface area contributed by atoms with Crippen LogP contribution < -0.4 is 5.32 Å². The Morgan fingerprint density at radius 2 is 1.92 bits per heavy atom. The molecular formula is C6H6N2O4. The van der Waals surface area contributed by atoms with Crippen molar-refractivity contribution in [1.29, 1.82) is 5.26 Å². The van der Waals surface area contributed by atoms with Crippen molar-refractivity contribution in [3.8, 4) is 6.07 Å². The zero-order valence-corrected chi connectivity index (χ0v) is 5.89. The van der Waals surface area contributed by atoms with E-state index in [1.165, 1.54) is 0 Å². The third kappa shape index (κ3) is 3.22. The number of nitriles is 1. The Morgan fingerprint density at radius 1 is 1.42 bits per heavy atom. The summed E-state index contributed by atoms with van der Waals surface area (Å²) in [6.45, 7) is 0. The van der Waals surface area contributed by atoms with Crippen molar-refractivity contribution in [1.82, 2.24) is 5.32 Å². The number of aliphatic carboxylic acids is 2. The molecule has 0 saturated carbocycles. The number of carboxylic acids is 2. The van der Waals surface area contributed by atoms with Gasteiger partial charge in [0.1, 0.15) is 0 Å². The van der Waals surface area contributed by atoms with Crippen molar-refractivity contribution in [3.63, 3.8) is 0 Å². The highest BCUT2D eigenvalue weighted by Crippen LogP contribution is 1.83. The van der Waals surface area contributed by atoms with Gasteiger partial charge in [0.2, 0.25) is 6.04 Å². The topological polar surface area (TPSA) is 110 Å². The van der Waals surface area contributed by atoms with Gasteiger partial charge in [-0.3, -0.25) is 0 Å². The number of nitrogens with zero attached hydrogens (tertiary/aromatic N) is 1. The van der Waals surface area contributed by atoms with Crippen LogP contribution in [-0.2, 0) is 9.59 Å². The fourth-order valence-corrected chi connectivity index (χ4v) is 0.430. The van der Waals surface area contributed by atoms with E-state index < -0.39 is 18.0 Å². The third-order valence-electron chi connectivity index (χ3n) is 0.915. The summed E-state index contributed by atoms with van der Waals surface area (Å²) < 4.78 is 0. The van der Waals surface area contributed by atoms with Crippen molar-refractivity contribution in [2.75, 3.05) is 0 Å². The molecule has 0 aliphatic carbocycles. The number of nitrogens with one attached hydrogen (secondary N) is 1. The molecular weight excluding hydrogens is 164 g/mol. The molecule has 0 aromatic rings. The number of carbonyl (C=O) groups is 2. The summed E-state index contributed by atoms with van der Waals surface area (Å²) in [5.41, 5.74) is 0. The zero-order valence-electron chi connectivity index (χ0n) is 5.89. The van der Waals surface area contributed by atoms with Gasteiger partial charge in [-0.25, -0.2) is 9.59 Å². The molecule has 0 fully saturated rings. The second-order valence-electron chi connectivity index (χ2n) is 1.74. The molecule has 0 heterocycles. The van der Waals surface area contributed by atoms with Gasteiger partial charge in [-0.05, 0) is 0 Å². The van der Waals surface area contributed by atoms with Crippen LogP contribution in [-0.4, -0.2) is 28.2 Å². The van der Waals surface area contributed by atoms with Gasteiger partial charge in [-0.1, -0.05) is 0 Å². The zero-order chi connectivity index (χ0) is 9.56. The van der Waals surface area contributed by atoms with Gasteiger partial charge >= 0.3 is 11.9 Å². The van der Waals surface area contributed by atoms with E-state index in [0.717, 1.165) is 12.3 Å². The second-order valence-corrected chi connectivity index (χ2v) is 1.74. The minimum Gasteiger partial charge on any atom is -0.479 e. The molecule has 0 atom stereocenters. The van der Waals surface area contributed by atoms with E-state index in [1.54, 1.807) is 6.07 Å². The fraction of sp³-hybridized carbons (Fsp3) is 0.167. The van der Waals surface area contributed by atoms with Crippen LogP contribution in [0.1, 0.15) is 0 Å². The fourth-order valence-electron chi connectivity index (χ4n) is 0.430. The summed E-state index contributed by atoms with van der Waals surface area (Å²) in [4.78, 5) is 20.4. The highest BCUT2D eigenvalue weighted by molar-refractivity contribution is 5.97. The number of allylic oxidation sites excluding steroid dienone is 1. The molecule has 64 valence electrons. The molecule has 0 aliphatic heterocycles. The van der Waals surface area contributed by atoms with Crippen LogP contribution in [0, 0.1) is 11.3 Å². The molecule has 0 saturated heterocycles. The lowest BCUT2D eigenvalue weighted by Gasteiger charge is -2.05. The van der Waals surface area contributed by atoms with Crippen molar-refractivity contribution in [3.05, 3.63) is 12.3 Å². The summed E-state index contributed by atoms with van der Waals surface area (Å²) in [6, 6.07) is -0.141. The summed E-state index contributed by atoms with van der Waals surface area (Å²) >= 11 is 0. The smallest absolute Gasteiger partial charge is 0.337 e. The standard InChI is InChI=1S/C6H6N2O4/c7-2-1-3-8-4(5(9)10)6(11)12/h1,3-4,8H,(H,9,10)(H,11,12). The molecule has 0 radical (unpaired) electrons. The maximum absolute atomic E-state index is 10.2. The summed E-state index contributed by atoms with van der Waals surface area (Å²) in [6.07, 6.45) is 1.91. The first-order valence-electron chi connectivity index (χ1n) is 2.86. The lowest BCUT2D eigenvalue weighted by atomic mass is 10.3. The van der Waals surface area contributed by atoms with Gasteiger partial charge in [0, 0.05) is 12.3 Å². The first-order valence-corrected chi connectivity index (χ1v) is 2.86. The summed E-state index contributed by atoms with van der Waals surface area (Å²) in [5, 5.41) is 26.6. The van der Waals surface area contributed by atoms with E-state index in [9.17, 15) is 9.59 Å². The monoisotopic (exact) mass is 170 g/mol. The molecule has 6 heteroatoms. The highest BCUT2D eigenvalue weighted by atomic mass is 16.4. The number of rotatable bonds is 4. The molecule has 0 aliphatic rings. The van der Waals surface area contributed by atoms with Crippen LogP contribution in [0.4, 0.5) is 0 Å². The highest BCUT2D eigenvalue weighted by Gasteiger charge is 2.23. The Kier molecular flexibility index (Phi) is 3.93. The molecule has 3 N–H and O–H groups in total. The maximum atomic E-state index is 10.2. The first kappa shape index (κ1) is 9.97. The van der Waals surface area contributed by atoms with Crippen LogP contribution in [0.15, 0.2) is 12.3 Å². The van der Waals surface area contributed by atoms with E-state index in [4.69, 9.17) is 15.5 Å². The minimum atomic E-state index is -1.71. The van der Waals surface area contributed by atoms with E-state index in [-0.39, 0.29) is 0 Å². The van der Waals surface area contributed by atoms with E-state index in [1.807, 2.05) is 5.32 Å². The molecule has 0 aromatic heterocycles. The Labute approximate surface area is 67.7 Å². The van der Waals surface area contributed by atoms with E-state index in [0.29, 0.717) is 0 Å². The lowest BCUT2D eigenvalue weighted by Crippen LogP contribution is -2.40. The molecule has 0 bridgehead atoms. The molecule has 0 amide bonds. The van der Waals surface area contributed by atoms with E-state index >= 15 is 0 Å². The van der Waals surface area contributed by atoms with Crippen LogP contribution in [0.3, 0.4) is 0 Å². The number of carboxylic acid groups (broad SMARTS) is 2. The maximum Gasteiger partial charge on any atom is 0.337 e. The predicted octanol–water partition coefficient (Wildman–Crippen LogP) is -0.849. The van der Waals surface area contributed by atoms with Gasteiger partial charge in [0.05, 0.1) is 6.07 Å². The summed E-state index contributed by atoms with van der Waals surface area (Å²) in [5.74, 6) is -3.02. The largest absolute Gasteiger partial charge is 0.479 e. The normalized spacial score (nSPS) is 9.67. The predicted molar refractivity (Wildman–Crippen MR) is 36.9 cm³/mol. The van der Waals surface area contributed by atoms with Crippen LogP contribution >= 0.6 is 0 Å². The SMILES string of the molecule is N#CC=CNC(C(=O)O)C(=O)O. The Balaban J connectivity index is 4.17. The van der Waals surface area contributed by atoms with Crippen LogP contribution in [0.2, 0.25) is 0 Å². The van der Waals surface area contributed by atoms with Gasteiger partial charge in [-0.2, -0.15) is 5.26 Å². The molecule has 0 spiro atoms. The Hall–Kier alpha value is -2.03. The van der Waals surface area contributed by atoms with Crippen LogP contribution in [0.5, 0.6) is 0 Å². The second kappa shape index (κ2) is 4.73. The van der Waals surface area contributed by atoms with Gasteiger partial charge < -0.3 is 15.5 Å². The molecule has 0 aromatic carbocycles. The van der Waals surface area contributed by atoms with Crippen molar-refractivity contribution in [2.24, 2.45) is 0 Å². The molecule has 6 nitrogen and oxygen atoms in total. The third-order valence-corrected chi connectivity index (χ3v) is 0.915. The molecule has 0 unspecified atom stereocenters. The van der Waals surface area contributed by atoms with Crippen molar-refractivity contribution < 1.29 is 19.8 Å². The molecule has 0 rings (SSSR count). The molecule has 12 heavy (non-hydrogen) atoms. The van der Waals surface area contributed by atoms with Crippen LogP contribution in [0.25, 0.3) is 0 Å². The van der Waals surface area contributed by atoms with Gasteiger partial charge in [0.15, 0.2) is 0 Å².